The number of rotatable bonds is 7. The van der Waals surface area contributed by atoms with Crippen LogP contribution in [0.2, 0.25) is 0 Å². The number of alkyl halides is 3. The number of halogens is 3. The summed E-state index contributed by atoms with van der Waals surface area (Å²) in [5, 5.41) is 0. The minimum Gasteiger partial charge on any atom is -0.326 e. The molecule has 0 atom stereocenters. The van der Waals surface area contributed by atoms with E-state index in [0.29, 0.717) is 12.1 Å². The molecule has 0 fully saturated rings. The molecule has 9 heteroatoms. The molecule has 0 aliphatic rings. The predicted octanol–water partition coefficient (Wildman–Crippen LogP) is 1.82. The van der Waals surface area contributed by atoms with Gasteiger partial charge in [0, 0.05) is 18.8 Å². The second-order valence-electron chi connectivity index (χ2n) is 3.97. The van der Waals surface area contributed by atoms with Gasteiger partial charge in [-0.15, -0.1) is 0 Å². The Balaban J connectivity index is 2.49. The largest absolute Gasteiger partial charge is 0.441 e. The first-order chi connectivity index (χ1) is 9.22. The average Bonchev–Trinajstić information content (AvgIpc) is 2.33. The molecule has 0 spiro atoms. The summed E-state index contributed by atoms with van der Waals surface area (Å²) >= 11 is -0.257. The van der Waals surface area contributed by atoms with Crippen LogP contribution < -0.4 is 10.5 Å². The Bertz CT molecular complexity index is 533. The minimum absolute atomic E-state index is 0.257. The summed E-state index contributed by atoms with van der Waals surface area (Å²) in [6, 6.07) is 6.74. The van der Waals surface area contributed by atoms with Crippen molar-refractivity contribution in [1.29, 1.82) is 0 Å². The van der Waals surface area contributed by atoms with E-state index in [4.69, 9.17) is 5.73 Å². The first-order valence-corrected chi connectivity index (χ1v) is 8.31. The van der Waals surface area contributed by atoms with E-state index in [-0.39, 0.29) is 29.8 Å². The van der Waals surface area contributed by atoms with Crippen molar-refractivity contribution >= 4 is 21.8 Å². The van der Waals surface area contributed by atoms with Gasteiger partial charge in [0.25, 0.3) is 0 Å². The molecule has 1 aromatic carbocycles. The fourth-order valence-corrected chi connectivity index (χ4v) is 3.18. The van der Waals surface area contributed by atoms with Crippen molar-refractivity contribution in [2.24, 2.45) is 5.73 Å². The van der Waals surface area contributed by atoms with Gasteiger partial charge in [-0.2, -0.15) is 13.2 Å². The summed E-state index contributed by atoms with van der Waals surface area (Å²) in [5.74, 6) is -0.636. The zero-order chi connectivity index (χ0) is 15.2. The molecule has 114 valence electrons. The van der Waals surface area contributed by atoms with Crippen LogP contribution in [0.15, 0.2) is 24.3 Å². The van der Waals surface area contributed by atoms with Gasteiger partial charge < -0.3 is 5.73 Å². The molecule has 0 aliphatic carbocycles. The molecule has 0 aliphatic heterocycles. The third-order valence-corrected chi connectivity index (χ3v) is 4.37. The van der Waals surface area contributed by atoms with E-state index in [2.05, 4.69) is 4.72 Å². The molecule has 3 N–H and O–H groups in total. The van der Waals surface area contributed by atoms with Gasteiger partial charge in [0.15, 0.2) is 0 Å². The monoisotopic (exact) mass is 328 g/mol. The van der Waals surface area contributed by atoms with Crippen LogP contribution in [-0.4, -0.2) is 26.2 Å². The summed E-state index contributed by atoms with van der Waals surface area (Å²) < 4.78 is 61.2. The molecule has 1 rings (SSSR count). The average molecular weight is 328 g/mol. The number of nitrogens with two attached hydrogens (primary N) is 1. The third kappa shape index (κ3) is 7.13. The molecule has 4 nitrogen and oxygen atoms in total. The molecule has 0 unspecified atom stereocenters. The van der Waals surface area contributed by atoms with Crippen LogP contribution in [0.3, 0.4) is 0 Å². The standard InChI is InChI=1S/C11H15F3N2O2S2/c12-11(13,14)19-5-4-16-20(17,18)8-10-3-1-2-9(6-10)7-15/h1-3,6,16H,4-5,7-8,15H2. The number of hydrogen-bond donors (Lipinski definition) is 2. The van der Waals surface area contributed by atoms with Gasteiger partial charge in [-0.25, -0.2) is 13.1 Å². The van der Waals surface area contributed by atoms with E-state index in [0.717, 1.165) is 5.56 Å². The van der Waals surface area contributed by atoms with Crippen molar-refractivity contribution in [3.05, 3.63) is 35.4 Å². The third-order valence-electron chi connectivity index (χ3n) is 2.27. The number of sulfonamides is 1. The van der Waals surface area contributed by atoms with Crippen LogP contribution in [0, 0.1) is 0 Å². The number of thioether (sulfide) groups is 1. The lowest BCUT2D eigenvalue weighted by molar-refractivity contribution is -0.0327. The molecule has 0 heterocycles. The van der Waals surface area contributed by atoms with Crippen LogP contribution in [-0.2, 0) is 22.3 Å². The van der Waals surface area contributed by atoms with Crippen molar-refractivity contribution in [3.8, 4) is 0 Å². The number of hydrogen-bond acceptors (Lipinski definition) is 4. The second kappa shape index (κ2) is 7.30. The lowest BCUT2D eigenvalue weighted by Crippen LogP contribution is -2.28. The van der Waals surface area contributed by atoms with Crippen LogP contribution in [0.5, 0.6) is 0 Å². The predicted molar refractivity (Wildman–Crippen MR) is 73.5 cm³/mol. The highest BCUT2D eigenvalue weighted by Crippen LogP contribution is 2.29. The van der Waals surface area contributed by atoms with Crippen molar-refractivity contribution in [3.63, 3.8) is 0 Å². The maximum atomic E-state index is 11.9. The molecule has 20 heavy (non-hydrogen) atoms. The fraction of sp³-hybridized carbons (Fsp3) is 0.455. The van der Waals surface area contributed by atoms with Crippen molar-refractivity contribution in [2.75, 3.05) is 12.3 Å². The Morgan fingerprint density at radius 2 is 1.90 bits per heavy atom. The van der Waals surface area contributed by atoms with Gasteiger partial charge in [0.2, 0.25) is 10.0 Å². The molecule has 0 amide bonds. The molecular weight excluding hydrogens is 313 g/mol. The lowest BCUT2D eigenvalue weighted by Gasteiger charge is -2.08. The van der Waals surface area contributed by atoms with E-state index < -0.39 is 15.5 Å². The molecule has 0 saturated heterocycles. The van der Waals surface area contributed by atoms with Crippen LogP contribution >= 0.6 is 11.8 Å². The summed E-state index contributed by atoms with van der Waals surface area (Å²) in [6.07, 6.45) is 0. The maximum absolute atomic E-state index is 11.9. The highest BCUT2D eigenvalue weighted by Gasteiger charge is 2.27. The van der Waals surface area contributed by atoms with E-state index in [1.807, 2.05) is 0 Å². The number of benzene rings is 1. The first kappa shape index (κ1) is 17.3. The maximum Gasteiger partial charge on any atom is 0.441 e. The van der Waals surface area contributed by atoms with Crippen LogP contribution in [0.25, 0.3) is 0 Å². The Kier molecular flexibility index (Phi) is 6.31. The summed E-state index contributed by atoms with van der Waals surface area (Å²) in [7, 11) is -3.65. The quantitative estimate of drug-likeness (QED) is 0.749. The zero-order valence-corrected chi connectivity index (χ0v) is 12.1. The molecule has 0 bridgehead atoms. The second-order valence-corrected chi connectivity index (χ2v) is 6.94. The summed E-state index contributed by atoms with van der Waals surface area (Å²) in [6.45, 7) is 0.0344. The van der Waals surface area contributed by atoms with Crippen LogP contribution in [0.4, 0.5) is 13.2 Å². The normalized spacial score (nSPS) is 12.6. The van der Waals surface area contributed by atoms with Gasteiger partial charge in [0.1, 0.15) is 0 Å². The number of nitrogens with one attached hydrogen (secondary N) is 1. The lowest BCUT2D eigenvalue weighted by atomic mass is 10.1. The summed E-state index contributed by atoms with van der Waals surface area (Å²) in [4.78, 5) is 0. The summed E-state index contributed by atoms with van der Waals surface area (Å²) in [5.41, 5.74) is 2.44. The highest BCUT2D eigenvalue weighted by molar-refractivity contribution is 8.00. The van der Waals surface area contributed by atoms with Crippen molar-refractivity contribution in [2.45, 2.75) is 17.8 Å². The van der Waals surface area contributed by atoms with Gasteiger partial charge in [-0.1, -0.05) is 24.3 Å². The highest BCUT2D eigenvalue weighted by atomic mass is 32.2. The van der Waals surface area contributed by atoms with Crippen molar-refractivity contribution < 1.29 is 21.6 Å². The minimum atomic E-state index is -4.35. The van der Waals surface area contributed by atoms with Gasteiger partial charge in [-0.05, 0) is 22.9 Å². The van der Waals surface area contributed by atoms with Crippen molar-refractivity contribution in [1.82, 2.24) is 4.72 Å². The molecular formula is C11H15F3N2O2S2. The SMILES string of the molecule is NCc1cccc(CS(=O)(=O)NCCSC(F)(F)F)c1. The Morgan fingerprint density at radius 1 is 1.25 bits per heavy atom. The smallest absolute Gasteiger partial charge is 0.326 e. The van der Waals surface area contributed by atoms with E-state index in [9.17, 15) is 21.6 Å². The molecule has 0 aromatic heterocycles. The molecule has 0 saturated carbocycles. The Morgan fingerprint density at radius 3 is 2.50 bits per heavy atom. The van der Waals surface area contributed by atoms with E-state index >= 15 is 0 Å². The molecule has 0 radical (unpaired) electrons. The van der Waals surface area contributed by atoms with E-state index in [1.165, 1.54) is 0 Å². The van der Waals surface area contributed by atoms with Gasteiger partial charge in [-0.3, -0.25) is 0 Å². The topological polar surface area (TPSA) is 72.2 Å². The fourth-order valence-electron chi connectivity index (χ4n) is 1.48. The van der Waals surface area contributed by atoms with Gasteiger partial charge in [0.05, 0.1) is 5.75 Å². The zero-order valence-electron chi connectivity index (χ0n) is 10.5. The van der Waals surface area contributed by atoms with Crippen LogP contribution in [0.1, 0.15) is 11.1 Å². The Hall–Kier alpha value is -0.770. The van der Waals surface area contributed by atoms with Gasteiger partial charge >= 0.3 is 5.51 Å². The first-order valence-electron chi connectivity index (χ1n) is 5.68. The van der Waals surface area contributed by atoms with E-state index in [1.54, 1.807) is 24.3 Å². The Labute approximate surface area is 120 Å². The molecule has 1 aromatic rings.